The summed E-state index contributed by atoms with van der Waals surface area (Å²) in [6.07, 6.45) is 1.46. The predicted octanol–water partition coefficient (Wildman–Crippen LogP) is 7.73. The van der Waals surface area contributed by atoms with Gasteiger partial charge in [-0.25, -0.2) is 0 Å². The lowest BCUT2D eigenvalue weighted by Gasteiger charge is -2.40. The second kappa shape index (κ2) is 6.82. The summed E-state index contributed by atoms with van der Waals surface area (Å²) in [5.41, 5.74) is 0. The van der Waals surface area contributed by atoms with Gasteiger partial charge in [0, 0.05) is 0 Å². The minimum absolute atomic E-state index is 0.180. The number of hydrogen-bond acceptors (Lipinski definition) is 3. The largest absolute Gasteiger partial charge is 0.445 e. The first-order valence-electron chi connectivity index (χ1n) is 6.82. The number of rotatable bonds is 7. The van der Waals surface area contributed by atoms with Crippen LogP contribution in [0.2, 0.25) is 0 Å². The van der Waals surface area contributed by atoms with Crippen LogP contribution in [0.5, 0.6) is 0 Å². The quantitative estimate of drug-likeness (QED) is 0.323. The minimum Gasteiger partial charge on any atom is -0.254 e. The molecule has 1 unspecified atom stereocenters. The van der Waals surface area contributed by atoms with E-state index in [0.29, 0.717) is 19.3 Å². The van der Waals surface area contributed by atoms with Crippen LogP contribution in [0.25, 0.3) is 0 Å². The lowest BCUT2D eigenvalue weighted by atomic mass is 10.3. The monoisotopic (exact) mass is 373 g/mol. The molecule has 0 aromatic rings. The Morgan fingerprint density at radius 2 is 1.05 bits per heavy atom. The molecule has 0 aliphatic carbocycles. The second-order valence-corrected chi connectivity index (χ2v) is 10.7. The first kappa shape index (κ1) is 19.3. The molecular weight excluding hydrogens is 352 g/mol. The molecule has 1 rings (SSSR count). The third-order valence-electron chi connectivity index (χ3n) is 3.12. The molecule has 0 bridgehead atoms. The highest BCUT2D eigenvalue weighted by atomic mass is 31.3. The fourth-order valence-corrected chi connectivity index (χ4v) is 9.94. The predicted molar refractivity (Wildman–Crippen MR) is 79.3 cm³/mol. The zero-order chi connectivity index (χ0) is 16.4. The van der Waals surface area contributed by atoms with Gasteiger partial charge in [0.15, 0.2) is 0 Å². The molecule has 0 aromatic carbocycles. The highest BCUT2D eigenvalue weighted by Gasteiger charge is 2.52. The smallest absolute Gasteiger partial charge is 0.254 e. The van der Waals surface area contributed by atoms with Crippen LogP contribution in [-0.2, 0) is 0 Å². The van der Waals surface area contributed by atoms with E-state index in [1.54, 1.807) is 20.8 Å². The Hall–Kier alpha value is 0.300. The third kappa shape index (κ3) is 4.40. The molecule has 4 nitrogen and oxygen atoms in total. The molecule has 0 aromatic heterocycles. The van der Waals surface area contributed by atoms with E-state index in [0.717, 1.165) is 0 Å². The molecule has 0 fully saturated rings. The average molecular weight is 373 g/mol. The van der Waals surface area contributed by atoms with Crippen molar-refractivity contribution in [2.75, 3.05) is 19.6 Å². The van der Waals surface area contributed by atoms with Crippen molar-refractivity contribution >= 4 is 23.3 Å². The fourth-order valence-electron chi connectivity index (χ4n) is 2.59. The first-order valence-corrected chi connectivity index (χ1v) is 11.3. The summed E-state index contributed by atoms with van der Waals surface area (Å²) in [5, 5.41) is 0. The molecule has 0 saturated carbocycles. The van der Waals surface area contributed by atoms with Crippen LogP contribution in [0.15, 0.2) is 13.5 Å². The highest BCUT2D eigenvalue weighted by molar-refractivity contribution is 7.77. The fraction of sp³-hybridized carbons (Fsp3) is 1.00. The van der Waals surface area contributed by atoms with Gasteiger partial charge in [-0.2, -0.15) is 0 Å². The minimum atomic E-state index is -5.63. The summed E-state index contributed by atoms with van der Waals surface area (Å²) in [7, 11) is -16.0. The summed E-state index contributed by atoms with van der Waals surface area (Å²) < 4.78 is 76.6. The summed E-state index contributed by atoms with van der Waals surface area (Å²) >= 11 is 0. The average Bonchev–Trinajstić information content (AvgIpc) is 2.24. The molecule has 0 N–H and O–H groups in total. The zero-order valence-corrected chi connectivity index (χ0v) is 14.9. The van der Waals surface area contributed by atoms with Crippen LogP contribution < -0.4 is 0 Å². The lowest BCUT2D eigenvalue weighted by molar-refractivity contribution is -0.814. The van der Waals surface area contributed by atoms with Gasteiger partial charge in [0.25, 0.3) is 0 Å². The van der Waals surface area contributed by atoms with E-state index in [4.69, 9.17) is 0 Å². The van der Waals surface area contributed by atoms with E-state index in [1.165, 1.54) is 0 Å². The topological polar surface area (TPSA) is 37.1 Å². The number of nitrogens with zero attached hydrogens (tertiary/aromatic N) is 4. The van der Waals surface area contributed by atoms with Gasteiger partial charge in [0.2, 0.25) is 0 Å². The van der Waals surface area contributed by atoms with E-state index >= 15 is 4.20 Å². The van der Waals surface area contributed by atoms with Crippen molar-refractivity contribution in [3.63, 3.8) is 0 Å². The van der Waals surface area contributed by atoms with Crippen LogP contribution in [0.1, 0.15) is 40.0 Å². The molecule has 126 valence electrons. The van der Waals surface area contributed by atoms with Crippen LogP contribution in [-0.4, -0.2) is 23.9 Å². The van der Waals surface area contributed by atoms with Crippen LogP contribution in [0.3, 0.4) is 0 Å². The van der Waals surface area contributed by atoms with E-state index < -0.39 is 27.6 Å². The van der Waals surface area contributed by atoms with Gasteiger partial charge in [-0.1, -0.05) is 20.8 Å². The summed E-state index contributed by atoms with van der Waals surface area (Å²) in [5.74, 6) is 0. The maximum atomic E-state index is 15.2. The van der Waals surface area contributed by atoms with Crippen molar-refractivity contribution in [3.8, 4) is 0 Å². The molecule has 0 spiro atoms. The molecule has 1 heterocycles. The normalized spacial score (nSPS) is 27.4. The zero-order valence-electron chi connectivity index (χ0n) is 12.3. The molecule has 12 heteroatoms. The van der Waals surface area contributed by atoms with Gasteiger partial charge in [-0.05, 0) is 19.3 Å². The SMILES string of the molecule is CCC[N+](CCC)(CCC)P1(F)=NP(F)(F)=NP(F)(F)=N1. The summed E-state index contributed by atoms with van der Waals surface area (Å²) in [6.45, 7) is 5.83. The van der Waals surface area contributed by atoms with Crippen molar-refractivity contribution in [2.24, 2.45) is 13.5 Å². The van der Waals surface area contributed by atoms with Crippen LogP contribution in [0.4, 0.5) is 21.0 Å². The van der Waals surface area contributed by atoms with Crippen molar-refractivity contribution in [1.82, 2.24) is 0 Å². The molecule has 1 aliphatic rings. The number of quaternary nitrogens is 1. The Balaban J connectivity index is 3.59. The van der Waals surface area contributed by atoms with Gasteiger partial charge < -0.3 is 0 Å². The molecular formula is C9H21F5N4P3+. The molecule has 0 amide bonds. The highest BCUT2D eigenvalue weighted by Crippen LogP contribution is 2.83. The summed E-state index contributed by atoms with van der Waals surface area (Å²) in [6, 6.07) is 0. The van der Waals surface area contributed by atoms with Crippen molar-refractivity contribution < 1.29 is 25.2 Å². The standard InChI is InChI=1S/C9H21F5N4P3/c1-4-7-18(8-5-2,9-6-3)21(14)16-19(10,11)15-20(12,13)17-21/h4-9H2,1-3H3/q+1. The van der Waals surface area contributed by atoms with Gasteiger partial charge in [-0.3, -0.25) is 4.25 Å². The van der Waals surface area contributed by atoms with Crippen molar-refractivity contribution in [2.45, 2.75) is 40.0 Å². The number of hydrogen-bond donors (Lipinski definition) is 0. The Labute approximate surface area is 122 Å². The van der Waals surface area contributed by atoms with Gasteiger partial charge in [0.05, 0.1) is 19.6 Å². The Bertz CT molecular complexity index is 513. The van der Waals surface area contributed by atoms with Gasteiger partial charge in [-0.15, -0.1) is 34.5 Å². The van der Waals surface area contributed by atoms with Crippen LogP contribution in [0, 0.1) is 0 Å². The number of halogens is 5. The van der Waals surface area contributed by atoms with Gasteiger partial charge in [0.1, 0.15) is 0 Å². The third-order valence-corrected chi connectivity index (χ3v) is 10.1. The van der Waals surface area contributed by atoms with E-state index in [9.17, 15) is 16.8 Å². The first-order chi connectivity index (χ1) is 9.55. The maximum absolute atomic E-state index is 15.2. The maximum Gasteiger partial charge on any atom is 0.445 e. The molecule has 1 atom stereocenters. The van der Waals surface area contributed by atoms with Crippen molar-refractivity contribution in [3.05, 3.63) is 0 Å². The van der Waals surface area contributed by atoms with Gasteiger partial charge >= 0.3 is 23.3 Å². The van der Waals surface area contributed by atoms with E-state index in [1.807, 2.05) is 0 Å². The van der Waals surface area contributed by atoms with E-state index in [-0.39, 0.29) is 19.6 Å². The molecule has 0 radical (unpaired) electrons. The summed E-state index contributed by atoms with van der Waals surface area (Å²) in [4.78, 5) is 0. The second-order valence-electron chi connectivity index (χ2n) is 4.94. The van der Waals surface area contributed by atoms with Crippen molar-refractivity contribution in [1.29, 1.82) is 0 Å². The van der Waals surface area contributed by atoms with Crippen LogP contribution >= 0.6 is 23.3 Å². The molecule has 0 saturated heterocycles. The Morgan fingerprint density at radius 3 is 1.38 bits per heavy atom. The lowest BCUT2D eigenvalue weighted by Crippen LogP contribution is -2.45. The molecule has 1 aliphatic heterocycles. The molecule has 21 heavy (non-hydrogen) atoms. The Morgan fingerprint density at radius 1 is 0.667 bits per heavy atom. The van der Waals surface area contributed by atoms with E-state index in [2.05, 4.69) is 13.5 Å². The Kier molecular flexibility index (Phi) is 6.28.